The van der Waals surface area contributed by atoms with Crippen LogP contribution >= 0.6 is 15.9 Å². The molecule has 0 aliphatic heterocycles. The first-order valence-corrected chi connectivity index (χ1v) is 10.3. The highest BCUT2D eigenvalue weighted by atomic mass is 79.9. The quantitative estimate of drug-likeness (QED) is 0.257. The van der Waals surface area contributed by atoms with E-state index >= 15 is 0 Å². The lowest BCUT2D eigenvalue weighted by Crippen LogP contribution is -2.32. The standard InChI is InChI=1S/C23H21BrN4O4/c1-31-19-8-4-17(5-9-19)26-21-12-3-16(24)13-15(21)14-25-28-23(30)22(29)27-18-6-10-20(32-2)11-7-18/h3-14,26H,1-2H3,(H,27,29)(H,28,30)/b25-14-. The maximum absolute atomic E-state index is 12.1. The Kier molecular flexibility index (Phi) is 7.82. The van der Waals surface area contributed by atoms with Gasteiger partial charge < -0.3 is 20.1 Å². The van der Waals surface area contributed by atoms with Crippen LogP contribution in [0.4, 0.5) is 17.1 Å². The number of carbonyl (C=O) groups excluding carboxylic acids is 2. The zero-order chi connectivity index (χ0) is 22.9. The van der Waals surface area contributed by atoms with Crippen LogP contribution in [0.1, 0.15) is 5.56 Å². The van der Waals surface area contributed by atoms with Crippen molar-refractivity contribution < 1.29 is 19.1 Å². The summed E-state index contributed by atoms with van der Waals surface area (Å²) in [6.45, 7) is 0. The minimum Gasteiger partial charge on any atom is -0.497 e. The molecule has 3 aromatic rings. The normalized spacial score (nSPS) is 10.5. The van der Waals surface area contributed by atoms with Crippen molar-refractivity contribution in [2.24, 2.45) is 5.10 Å². The summed E-state index contributed by atoms with van der Waals surface area (Å²) in [6.07, 6.45) is 1.45. The van der Waals surface area contributed by atoms with Crippen molar-refractivity contribution in [2.45, 2.75) is 0 Å². The van der Waals surface area contributed by atoms with Crippen molar-refractivity contribution >= 4 is 51.0 Å². The summed E-state index contributed by atoms with van der Waals surface area (Å²) in [4.78, 5) is 24.1. The second kappa shape index (κ2) is 11.0. The van der Waals surface area contributed by atoms with Gasteiger partial charge in [0.05, 0.1) is 20.4 Å². The fraction of sp³-hybridized carbons (Fsp3) is 0.0870. The van der Waals surface area contributed by atoms with Gasteiger partial charge in [0.25, 0.3) is 0 Å². The van der Waals surface area contributed by atoms with Gasteiger partial charge in [0.2, 0.25) is 0 Å². The molecule has 2 amide bonds. The van der Waals surface area contributed by atoms with E-state index in [2.05, 4.69) is 37.1 Å². The van der Waals surface area contributed by atoms with Crippen LogP contribution in [0.5, 0.6) is 11.5 Å². The third-order valence-corrected chi connectivity index (χ3v) is 4.80. The topological polar surface area (TPSA) is 101 Å². The van der Waals surface area contributed by atoms with E-state index in [0.29, 0.717) is 17.0 Å². The molecule has 0 aliphatic carbocycles. The van der Waals surface area contributed by atoms with E-state index in [1.807, 2.05) is 42.5 Å². The van der Waals surface area contributed by atoms with Gasteiger partial charge in [-0.1, -0.05) is 15.9 Å². The summed E-state index contributed by atoms with van der Waals surface area (Å²) < 4.78 is 11.1. The zero-order valence-electron chi connectivity index (χ0n) is 17.4. The van der Waals surface area contributed by atoms with Crippen LogP contribution in [0.25, 0.3) is 0 Å². The van der Waals surface area contributed by atoms with E-state index < -0.39 is 11.8 Å². The highest BCUT2D eigenvalue weighted by molar-refractivity contribution is 9.10. The number of anilines is 3. The predicted octanol–water partition coefficient (Wildman–Crippen LogP) is 4.30. The maximum Gasteiger partial charge on any atom is 0.329 e. The maximum atomic E-state index is 12.1. The number of hydrogen-bond acceptors (Lipinski definition) is 6. The van der Waals surface area contributed by atoms with Crippen molar-refractivity contribution in [3.05, 3.63) is 76.8 Å². The summed E-state index contributed by atoms with van der Waals surface area (Å²) in [7, 11) is 3.15. The van der Waals surface area contributed by atoms with Crippen molar-refractivity contribution in [1.29, 1.82) is 0 Å². The van der Waals surface area contributed by atoms with Gasteiger partial charge in [-0.3, -0.25) is 9.59 Å². The molecular weight excluding hydrogens is 476 g/mol. The molecule has 0 aromatic heterocycles. The number of nitrogens with one attached hydrogen (secondary N) is 3. The number of carbonyl (C=O) groups is 2. The largest absolute Gasteiger partial charge is 0.497 e. The van der Waals surface area contributed by atoms with Gasteiger partial charge in [-0.05, 0) is 66.7 Å². The van der Waals surface area contributed by atoms with Gasteiger partial charge in [-0.2, -0.15) is 5.10 Å². The lowest BCUT2D eigenvalue weighted by Gasteiger charge is -2.11. The fourth-order valence-electron chi connectivity index (χ4n) is 2.66. The minimum atomic E-state index is -0.892. The number of rotatable bonds is 7. The van der Waals surface area contributed by atoms with Gasteiger partial charge in [0.1, 0.15) is 11.5 Å². The Morgan fingerprint density at radius 3 is 2.03 bits per heavy atom. The van der Waals surface area contributed by atoms with Crippen LogP contribution in [0, 0.1) is 0 Å². The molecule has 3 N–H and O–H groups in total. The first-order valence-electron chi connectivity index (χ1n) is 9.47. The van der Waals surface area contributed by atoms with Crippen LogP contribution in [0.3, 0.4) is 0 Å². The van der Waals surface area contributed by atoms with Crippen molar-refractivity contribution in [2.75, 3.05) is 24.9 Å². The lowest BCUT2D eigenvalue weighted by atomic mass is 10.2. The molecule has 0 atom stereocenters. The summed E-state index contributed by atoms with van der Waals surface area (Å²) in [5.74, 6) is -0.330. The molecule has 0 spiro atoms. The molecule has 0 radical (unpaired) electrons. The molecular formula is C23H21BrN4O4. The minimum absolute atomic E-state index is 0.466. The van der Waals surface area contributed by atoms with E-state index in [4.69, 9.17) is 9.47 Å². The summed E-state index contributed by atoms with van der Waals surface area (Å²) in [5, 5.41) is 9.69. The third kappa shape index (κ3) is 6.32. The van der Waals surface area contributed by atoms with E-state index in [1.54, 1.807) is 38.5 Å². The summed E-state index contributed by atoms with van der Waals surface area (Å²) in [6, 6.07) is 19.6. The van der Waals surface area contributed by atoms with Crippen LogP contribution in [-0.2, 0) is 9.59 Å². The Hall–Kier alpha value is -3.85. The zero-order valence-corrected chi connectivity index (χ0v) is 19.0. The molecule has 8 nitrogen and oxygen atoms in total. The number of benzene rings is 3. The Balaban J connectivity index is 1.63. The summed E-state index contributed by atoms with van der Waals surface area (Å²) in [5.41, 5.74) is 5.01. The molecule has 0 heterocycles. The average Bonchev–Trinajstić information content (AvgIpc) is 2.81. The van der Waals surface area contributed by atoms with Crippen molar-refractivity contribution in [3.8, 4) is 11.5 Å². The third-order valence-electron chi connectivity index (χ3n) is 4.31. The van der Waals surface area contributed by atoms with Gasteiger partial charge in [0.15, 0.2) is 0 Å². The Bertz CT molecular complexity index is 1120. The molecule has 0 unspecified atom stereocenters. The molecule has 0 fully saturated rings. The molecule has 9 heteroatoms. The molecule has 32 heavy (non-hydrogen) atoms. The molecule has 0 aliphatic rings. The highest BCUT2D eigenvalue weighted by Gasteiger charge is 2.13. The molecule has 0 saturated heterocycles. The SMILES string of the molecule is COc1ccc(NC(=O)C(=O)N/N=C\c2cc(Br)ccc2Nc2ccc(OC)cc2)cc1. The Morgan fingerprint density at radius 2 is 1.44 bits per heavy atom. The predicted molar refractivity (Wildman–Crippen MR) is 128 cm³/mol. The smallest absolute Gasteiger partial charge is 0.329 e. The fourth-order valence-corrected chi connectivity index (χ4v) is 3.04. The van der Waals surface area contributed by atoms with E-state index in [-0.39, 0.29) is 0 Å². The molecule has 3 aromatic carbocycles. The number of hydrazone groups is 1. The van der Waals surface area contributed by atoms with Gasteiger partial charge in [-0.15, -0.1) is 0 Å². The van der Waals surface area contributed by atoms with E-state index in [1.165, 1.54) is 6.21 Å². The van der Waals surface area contributed by atoms with Gasteiger partial charge in [-0.25, -0.2) is 5.43 Å². The Labute approximate surface area is 193 Å². The number of methoxy groups -OCH3 is 2. The van der Waals surface area contributed by atoms with Crippen LogP contribution < -0.4 is 25.5 Å². The summed E-state index contributed by atoms with van der Waals surface area (Å²) >= 11 is 3.43. The van der Waals surface area contributed by atoms with Crippen LogP contribution in [0.15, 0.2) is 76.3 Å². The lowest BCUT2D eigenvalue weighted by molar-refractivity contribution is -0.136. The first kappa shape index (κ1) is 22.8. The second-order valence-electron chi connectivity index (χ2n) is 6.47. The molecule has 164 valence electrons. The molecule has 0 saturated carbocycles. The number of amides is 2. The van der Waals surface area contributed by atoms with E-state index in [0.717, 1.165) is 21.6 Å². The van der Waals surface area contributed by atoms with Gasteiger partial charge in [0, 0.05) is 27.1 Å². The second-order valence-corrected chi connectivity index (χ2v) is 7.38. The van der Waals surface area contributed by atoms with Crippen molar-refractivity contribution in [3.63, 3.8) is 0 Å². The molecule has 3 rings (SSSR count). The average molecular weight is 497 g/mol. The number of ether oxygens (including phenoxy) is 2. The monoisotopic (exact) mass is 496 g/mol. The van der Waals surface area contributed by atoms with Crippen molar-refractivity contribution in [1.82, 2.24) is 5.43 Å². The number of nitrogens with zero attached hydrogens (tertiary/aromatic N) is 1. The van der Waals surface area contributed by atoms with E-state index in [9.17, 15) is 9.59 Å². The molecule has 0 bridgehead atoms. The van der Waals surface area contributed by atoms with Gasteiger partial charge >= 0.3 is 11.8 Å². The Morgan fingerprint density at radius 1 is 0.844 bits per heavy atom. The van der Waals surface area contributed by atoms with Crippen LogP contribution in [-0.4, -0.2) is 32.2 Å². The van der Waals surface area contributed by atoms with Crippen LogP contribution in [0.2, 0.25) is 0 Å². The number of hydrogen-bond donors (Lipinski definition) is 3. The number of halogens is 1. The first-order chi connectivity index (χ1) is 15.5. The highest BCUT2D eigenvalue weighted by Crippen LogP contribution is 2.25.